The molecule has 0 amide bonds. The fourth-order valence-corrected chi connectivity index (χ4v) is 4.03. The van der Waals surface area contributed by atoms with Gasteiger partial charge in [-0.15, -0.1) is 0 Å². The predicted octanol–water partition coefficient (Wildman–Crippen LogP) is 1.87. The lowest BCUT2D eigenvalue weighted by molar-refractivity contribution is -0.110. The average Bonchev–Trinajstić information content (AvgIpc) is 1.62. The van der Waals surface area contributed by atoms with Gasteiger partial charge in [-0.2, -0.15) is 0 Å². The van der Waals surface area contributed by atoms with Crippen LogP contribution in [0.5, 0.6) is 0 Å². The molecule has 1 nitrogen and oxygen atoms in total. The Bertz CT molecular complexity index is 95.1. The minimum absolute atomic E-state index is 0.457. The molecule has 0 aromatic heterocycles. The molecule has 8 heavy (non-hydrogen) atoms. The molecule has 0 atom stereocenters. The number of rotatable bonds is 2. The largest absolute Gasteiger partial charge is 0.305 e. The van der Waals surface area contributed by atoms with Gasteiger partial charge < -0.3 is 4.79 Å². The van der Waals surface area contributed by atoms with Crippen LogP contribution in [0, 0.1) is 0 Å². The van der Waals surface area contributed by atoms with Crippen LogP contribution < -0.4 is 0 Å². The highest BCUT2D eigenvalue weighted by Crippen LogP contribution is 2.03. The third-order valence-electron chi connectivity index (χ3n) is 0.958. The summed E-state index contributed by atoms with van der Waals surface area (Å²) in [5, 5.41) is 0.457. The van der Waals surface area contributed by atoms with E-state index in [1.807, 2.05) is 0 Å². The molecular weight excluding hydrogens is 231 g/mol. The first-order chi connectivity index (χ1) is 3.48. The van der Waals surface area contributed by atoms with Gasteiger partial charge in [-0.3, -0.25) is 0 Å². The second kappa shape index (κ2) is 2.96. The van der Waals surface area contributed by atoms with E-state index in [4.69, 9.17) is 0 Å². The van der Waals surface area contributed by atoms with Crippen molar-refractivity contribution in [2.24, 2.45) is 0 Å². The van der Waals surface area contributed by atoms with E-state index in [1.165, 1.54) is 0 Å². The van der Waals surface area contributed by atoms with E-state index in [1.54, 1.807) is 0 Å². The normalized spacial score (nSPS) is 11.5. The summed E-state index contributed by atoms with van der Waals surface area (Å²) in [5.74, 6) is 0. The van der Waals surface area contributed by atoms with Crippen molar-refractivity contribution in [1.29, 1.82) is 0 Å². The number of carbonyl (C=O) groups excluding carboxylic acids is 1. The topological polar surface area (TPSA) is 17.1 Å². The molecule has 0 fully saturated rings. The van der Waals surface area contributed by atoms with E-state index in [0.29, 0.717) is 9.83 Å². The molecule has 3 heteroatoms. The minimum atomic E-state index is -1.41. The summed E-state index contributed by atoms with van der Waals surface area (Å²) in [6, 6.07) is 0. The third-order valence-corrected chi connectivity index (χ3v) is 4.22. The molecule has 0 aliphatic rings. The highest BCUT2D eigenvalue weighted by molar-refractivity contribution is 14.1. The SMILES string of the molecule is C[Si](C)(C)C(=O)CI. The zero-order valence-corrected chi connectivity index (χ0v) is 8.65. The highest BCUT2D eigenvalue weighted by atomic mass is 127. The summed E-state index contributed by atoms with van der Waals surface area (Å²) < 4.78 is 0.688. The fraction of sp³-hybridized carbons (Fsp3) is 0.800. The van der Waals surface area contributed by atoms with Crippen molar-refractivity contribution < 1.29 is 4.79 Å². The van der Waals surface area contributed by atoms with E-state index in [2.05, 4.69) is 42.2 Å². The fourth-order valence-electron chi connectivity index (χ4n) is 0.200. The van der Waals surface area contributed by atoms with Gasteiger partial charge in [0.25, 0.3) is 0 Å². The van der Waals surface area contributed by atoms with Gasteiger partial charge in [0.1, 0.15) is 13.5 Å². The molecule has 0 unspecified atom stereocenters. The second-order valence-corrected chi connectivity index (χ2v) is 8.63. The van der Waals surface area contributed by atoms with E-state index >= 15 is 0 Å². The van der Waals surface area contributed by atoms with Gasteiger partial charge in [0.15, 0.2) is 0 Å². The molecule has 0 aliphatic carbocycles. The van der Waals surface area contributed by atoms with Crippen LogP contribution in [0.1, 0.15) is 0 Å². The minimum Gasteiger partial charge on any atom is -0.305 e. The maximum absolute atomic E-state index is 10.9. The van der Waals surface area contributed by atoms with Gasteiger partial charge in [-0.1, -0.05) is 42.2 Å². The Morgan fingerprint density at radius 2 is 1.88 bits per heavy atom. The lowest BCUT2D eigenvalue weighted by atomic mass is 10.9. The van der Waals surface area contributed by atoms with Gasteiger partial charge >= 0.3 is 0 Å². The Morgan fingerprint density at radius 3 is 1.88 bits per heavy atom. The summed E-state index contributed by atoms with van der Waals surface area (Å²) in [7, 11) is -1.41. The van der Waals surface area contributed by atoms with Crippen molar-refractivity contribution in [1.82, 2.24) is 0 Å². The molecule has 0 aliphatic heterocycles. The van der Waals surface area contributed by atoms with Crippen molar-refractivity contribution in [2.45, 2.75) is 19.6 Å². The van der Waals surface area contributed by atoms with E-state index in [9.17, 15) is 4.79 Å². The molecule has 0 aromatic rings. The molecule has 0 heterocycles. The predicted molar refractivity (Wildman–Crippen MR) is 47.2 cm³/mol. The molecule has 0 N–H and O–H groups in total. The lowest BCUT2D eigenvalue weighted by Gasteiger charge is -2.10. The first-order valence-electron chi connectivity index (χ1n) is 2.57. The number of halogens is 1. The Kier molecular flexibility index (Phi) is 3.19. The molecule has 0 aromatic carbocycles. The van der Waals surface area contributed by atoms with Gasteiger partial charge in [0.2, 0.25) is 0 Å². The summed E-state index contributed by atoms with van der Waals surface area (Å²) >= 11 is 2.12. The first-order valence-corrected chi connectivity index (χ1v) is 7.60. The van der Waals surface area contributed by atoms with Crippen LogP contribution in [0.3, 0.4) is 0 Å². The Balaban J connectivity index is 3.82. The maximum atomic E-state index is 10.9. The van der Waals surface area contributed by atoms with Crippen LogP contribution in [0.15, 0.2) is 0 Å². The highest BCUT2D eigenvalue weighted by Gasteiger charge is 2.21. The Hall–Kier alpha value is 0.617. The third kappa shape index (κ3) is 2.81. The van der Waals surface area contributed by atoms with Crippen molar-refractivity contribution >= 4 is 36.1 Å². The maximum Gasteiger partial charge on any atom is 0.125 e. The first kappa shape index (κ1) is 8.62. The van der Waals surface area contributed by atoms with E-state index in [-0.39, 0.29) is 0 Å². The summed E-state index contributed by atoms with van der Waals surface area (Å²) in [4.78, 5) is 10.9. The molecule has 0 saturated carbocycles. The molecular formula is C5H11IOSi. The summed E-state index contributed by atoms with van der Waals surface area (Å²) in [6.07, 6.45) is 0. The summed E-state index contributed by atoms with van der Waals surface area (Å²) in [6.45, 7) is 6.23. The standard InChI is InChI=1S/C5H11IOSi/c1-8(2,3)5(7)4-6/h4H2,1-3H3. The van der Waals surface area contributed by atoms with Gasteiger partial charge in [-0.05, 0) is 0 Å². The van der Waals surface area contributed by atoms with Crippen molar-refractivity contribution in [3.8, 4) is 0 Å². The molecule has 0 spiro atoms. The number of carbonyl (C=O) groups is 1. The molecule has 48 valence electrons. The summed E-state index contributed by atoms with van der Waals surface area (Å²) in [5.41, 5.74) is 0. The van der Waals surface area contributed by atoms with Crippen LogP contribution in [0.4, 0.5) is 0 Å². The average molecular weight is 242 g/mol. The number of hydrogen-bond acceptors (Lipinski definition) is 1. The van der Waals surface area contributed by atoms with E-state index in [0.717, 1.165) is 0 Å². The van der Waals surface area contributed by atoms with Crippen molar-refractivity contribution in [3.63, 3.8) is 0 Å². The molecule has 0 rings (SSSR count). The van der Waals surface area contributed by atoms with Gasteiger partial charge in [-0.25, -0.2) is 0 Å². The van der Waals surface area contributed by atoms with Crippen LogP contribution >= 0.6 is 22.6 Å². The zero-order chi connectivity index (χ0) is 6.78. The van der Waals surface area contributed by atoms with Crippen LogP contribution in [-0.2, 0) is 4.79 Å². The van der Waals surface area contributed by atoms with E-state index < -0.39 is 8.07 Å². The van der Waals surface area contributed by atoms with Crippen molar-refractivity contribution in [3.05, 3.63) is 0 Å². The second-order valence-electron chi connectivity index (χ2n) is 2.81. The van der Waals surface area contributed by atoms with Gasteiger partial charge in [0.05, 0.1) is 4.43 Å². The Labute approximate surface area is 65.0 Å². The zero-order valence-electron chi connectivity index (χ0n) is 5.49. The number of hydrogen-bond donors (Lipinski definition) is 0. The Morgan fingerprint density at radius 1 is 1.50 bits per heavy atom. The molecule has 0 radical (unpaired) electrons. The molecule has 0 bridgehead atoms. The van der Waals surface area contributed by atoms with Gasteiger partial charge in [0, 0.05) is 0 Å². The van der Waals surface area contributed by atoms with Crippen LogP contribution in [-0.4, -0.2) is 17.9 Å². The monoisotopic (exact) mass is 242 g/mol. The quantitative estimate of drug-likeness (QED) is 0.410. The number of alkyl halides is 1. The smallest absolute Gasteiger partial charge is 0.125 e. The lowest BCUT2D eigenvalue weighted by Crippen LogP contribution is -2.34. The molecule has 0 saturated heterocycles. The van der Waals surface area contributed by atoms with Crippen molar-refractivity contribution in [2.75, 3.05) is 4.43 Å². The van der Waals surface area contributed by atoms with Crippen LogP contribution in [0.2, 0.25) is 19.6 Å². The van der Waals surface area contributed by atoms with Crippen LogP contribution in [0.25, 0.3) is 0 Å².